The van der Waals surface area contributed by atoms with Crippen molar-refractivity contribution < 1.29 is 9.53 Å². The van der Waals surface area contributed by atoms with Crippen molar-refractivity contribution in [2.24, 2.45) is 7.05 Å². The second-order valence-electron chi connectivity index (χ2n) is 9.58. The lowest BCUT2D eigenvalue weighted by Crippen LogP contribution is -2.34. The number of fused-ring (bicyclic) bond motifs is 1. The molecular weight excluding hydrogens is 544 g/mol. The molecule has 0 saturated heterocycles. The second kappa shape index (κ2) is 12.3. The largest absolute Gasteiger partial charge is 0.481 e. The number of carbonyl (C=O) groups is 1. The van der Waals surface area contributed by atoms with E-state index in [0.29, 0.717) is 51.8 Å². The minimum absolute atomic E-state index is 0.0701. The summed E-state index contributed by atoms with van der Waals surface area (Å²) in [4.78, 5) is 36.7. The molecule has 43 heavy (non-hydrogen) atoms. The first kappa shape index (κ1) is 28.6. The zero-order chi connectivity index (χ0) is 30.5. The van der Waals surface area contributed by atoms with Gasteiger partial charge in [0.25, 0.3) is 11.5 Å². The van der Waals surface area contributed by atoms with Gasteiger partial charge in [0, 0.05) is 37.0 Å². The Bertz CT molecular complexity index is 1950. The van der Waals surface area contributed by atoms with Gasteiger partial charge in [0.1, 0.15) is 17.2 Å². The van der Waals surface area contributed by atoms with Gasteiger partial charge in [0.15, 0.2) is 5.82 Å². The van der Waals surface area contributed by atoms with Gasteiger partial charge in [-0.1, -0.05) is 42.2 Å². The molecule has 0 aliphatic rings. The van der Waals surface area contributed by atoms with Crippen LogP contribution in [0.4, 0.5) is 11.6 Å². The normalized spacial score (nSPS) is 11.3. The lowest BCUT2D eigenvalue weighted by molar-refractivity contribution is 0.0939. The fourth-order valence-corrected chi connectivity index (χ4v) is 4.68. The molecule has 3 aromatic heterocycles. The topological polar surface area (TPSA) is 142 Å². The summed E-state index contributed by atoms with van der Waals surface area (Å²) in [5.41, 5.74) is 8.21. The van der Waals surface area contributed by atoms with Crippen LogP contribution in [0.25, 0.3) is 16.6 Å². The summed E-state index contributed by atoms with van der Waals surface area (Å²) in [6.07, 6.45) is 3.27. The van der Waals surface area contributed by atoms with E-state index in [4.69, 9.17) is 15.5 Å². The average molecular weight is 575 g/mol. The van der Waals surface area contributed by atoms with Crippen LogP contribution < -0.4 is 26.7 Å². The smallest absolute Gasteiger partial charge is 0.267 e. The Labute approximate surface area is 248 Å². The third-order valence-corrected chi connectivity index (χ3v) is 6.67. The number of hydrogen-bond acceptors (Lipinski definition) is 8. The van der Waals surface area contributed by atoms with E-state index in [-0.39, 0.29) is 16.9 Å². The number of methoxy groups -OCH3 is 1. The Kier molecular flexibility index (Phi) is 8.20. The van der Waals surface area contributed by atoms with Gasteiger partial charge in [0.2, 0.25) is 5.88 Å². The van der Waals surface area contributed by atoms with Crippen LogP contribution in [0.2, 0.25) is 0 Å². The lowest BCUT2D eigenvalue weighted by Gasteiger charge is -2.20. The molecule has 216 valence electrons. The Morgan fingerprint density at radius 1 is 1.16 bits per heavy atom. The quantitative estimate of drug-likeness (QED) is 0.189. The number of benzene rings is 2. The number of nitrogen functional groups attached to an aromatic ring is 1. The highest BCUT2D eigenvalue weighted by Gasteiger charge is 2.25. The number of ether oxygens (including phenoxy) is 1. The summed E-state index contributed by atoms with van der Waals surface area (Å²) in [7, 11) is 3.22. The van der Waals surface area contributed by atoms with Gasteiger partial charge in [-0.05, 0) is 37.3 Å². The van der Waals surface area contributed by atoms with Crippen LogP contribution in [-0.2, 0) is 7.05 Å². The van der Waals surface area contributed by atoms with Crippen LogP contribution in [0.15, 0.2) is 84.3 Å². The molecular formula is C32H30N8O3. The minimum atomic E-state index is -0.698. The summed E-state index contributed by atoms with van der Waals surface area (Å²) < 4.78 is 8.19. The third kappa shape index (κ3) is 5.80. The number of carbonyl (C=O) groups excluding carboxylic acids is 1. The standard InChI is InChI=1S/C32H30N8O3/c1-5-17-35-30-27(28(33)38-39(30)3)31(41)36-20(2)29-37-24-13-9-10-22(15-14-21-16-18-34-25(19-21)43-4)26(24)32(42)40(29)23-11-7-6-8-12-23/h5-13,16,18-20,35H,1,17H2,2-4H3,(H2,33,38)(H,36,41). The number of anilines is 2. The van der Waals surface area contributed by atoms with Gasteiger partial charge in [-0.2, -0.15) is 5.10 Å². The fraction of sp³-hybridized carbons (Fsp3) is 0.156. The van der Waals surface area contributed by atoms with E-state index in [0.717, 1.165) is 0 Å². The summed E-state index contributed by atoms with van der Waals surface area (Å²) in [5.74, 6) is 7.03. The van der Waals surface area contributed by atoms with Crippen LogP contribution in [0.3, 0.4) is 0 Å². The van der Waals surface area contributed by atoms with Crippen LogP contribution >= 0.6 is 0 Å². The maximum atomic E-state index is 14.2. The Balaban J connectivity index is 1.61. The van der Waals surface area contributed by atoms with Crippen LogP contribution in [-0.4, -0.2) is 43.9 Å². The number of rotatable bonds is 8. The van der Waals surface area contributed by atoms with E-state index in [1.165, 1.54) is 16.4 Å². The number of para-hydroxylation sites is 1. The number of nitrogens with one attached hydrogen (secondary N) is 2. The Morgan fingerprint density at radius 2 is 1.95 bits per heavy atom. The molecule has 11 heteroatoms. The minimum Gasteiger partial charge on any atom is -0.481 e. The van der Waals surface area contributed by atoms with Gasteiger partial charge in [-0.3, -0.25) is 18.8 Å². The summed E-state index contributed by atoms with van der Waals surface area (Å²) in [6.45, 7) is 5.88. The number of amides is 1. The Morgan fingerprint density at radius 3 is 2.70 bits per heavy atom. The second-order valence-corrected chi connectivity index (χ2v) is 9.58. The van der Waals surface area contributed by atoms with Crippen molar-refractivity contribution in [3.8, 4) is 23.4 Å². The molecule has 1 unspecified atom stereocenters. The maximum Gasteiger partial charge on any atom is 0.267 e. The van der Waals surface area contributed by atoms with Crippen molar-refractivity contribution in [1.29, 1.82) is 0 Å². The number of hydrogen-bond donors (Lipinski definition) is 3. The zero-order valence-electron chi connectivity index (χ0n) is 24.0. The van der Waals surface area contributed by atoms with Crippen LogP contribution in [0, 0.1) is 11.8 Å². The third-order valence-electron chi connectivity index (χ3n) is 6.67. The maximum absolute atomic E-state index is 14.2. The summed E-state index contributed by atoms with van der Waals surface area (Å²) in [5, 5.41) is 10.6. The average Bonchev–Trinajstić information content (AvgIpc) is 3.31. The number of nitrogens with two attached hydrogens (primary N) is 1. The van der Waals surface area contributed by atoms with Gasteiger partial charge in [0.05, 0.1) is 29.7 Å². The molecule has 11 nitrogen and oxygen atoms in total. The predicted octanol–water partition coefficient (Wildman–Crippen LogP) is 3.59. The molecule has 0 bridgehead atoms. The highest BCUT2D eigenvalue weighted by atomic mass is 16.5. The van der Waals surface area contributed by atoms with Gasteiger partial charge in [-0.25, -0.2) is 9.97 Å². The molecule has 0 fully saturated rings. The molecule has 3 heterocycles. The molecule has 0 saturated carbocycles. The van der Waals surface area contributed by atoms with Gasteiger partial charge < -0.3 is 21.1 Å². The first-order valence-corrected chi connectivity index (χ1v) is 13.4. The summed E-state index contributed by atoms with van der Waals surface area (Å²) >= 11 is 0. The van der Waals surface area contributed by atoms with E-state index in [1.54, 1.807) is 68.7 Å². The van der Waals surface area contributed by atoms with Gasteiger partial charge >= 0.3 is 0 Å². The van der Waals surface area contributed by atoms with Crippen LogP contribution in [0.5, 0.6) is 5.88 Å². The molecule has 0 aliphatic carbocycles. The first-order chi connectivity index (χ1) is 20.8. The van der Waals surface area contributed by atoms with Crippen molar-refractivity contribution in [3.05, 3.63) is 112 Å². The van der Waals surface area contributed by atoms with Crippen molar-refractivity contribution in [2.45, 2.75) is 13.0 Å². The molecule has 0 spiro atoms. The lowest BCUT2D eigenvalue weighted by atomic mass is 10.1. The monoisotopic (exact) mass is 574 g/mol. The number of pyridine rings is 1. The molecule has 0 aliphatic heterocycles. The first-order valence-electron chi connectivity index (χ1n) is 13.4. The van der Waals surface area contributed by atoms with E-state index in [1.807, 2.05) is 18.2 Å². The van der Waals surface area contributed by atoms with Crippen molar-refractivity contribution in [1.82, 2.24) is 29.6 Å². The molecule has 5 aromatic rings. The van der Waals surface area contributed by atoms with Gasteiger partial charge in [-0.15, -0.1) is 6.58 Å². The van der Waals surface area contributed by atoms with E-state index in [2.05, 4.69) is 39.1 Å². The SMILES string of the molecule is C=CCNc1c(C(=O)NC(C)c2nc3cccc(C#Cc4ccnc(OC)c4)c3c(=O)n2-c2ccccc2)c(N)nn1C. The fourth-order valence-electron chi connectivity index (χ4n) is 4.68. The predicted molar refractivity (Wildman–Crippen MR) is 166 cm³/mol. The molecule has 4 N–H and O–H groups in total. The van der Waals surface area contributed by atoms with E-state index < -0.39 is 11.9 Å². The molecule has 1 atom stereocenters. The van der Waals surface area contributed by atoms with Crippen molar-refractivity contribution >= 4 is 28.4 Å². The number of aryl methyl sites for hydroxylation is 1. The highest BCUT2D eigenvalue weighted by molar-refractivity contribution is 6.03. The van der Waals surface area contributed by atoms with Crippen LogP contribution in [0.1, 0.15) is 40.3 Å². The van der Waals surface area contributed by atoms with Crippen molar-refractivity contribution in [3.63, 3.8) is 0 Å². The van der Waals surface area contributed by atoms with Crippen molar-refractivity contribution in [2.75, 3.05) is 24.7 Å². The molecule has 5 rings (SSSR count). The molecule has 2 aromatic carbocycles. The molecule has 1 amide bonds. The van der Waals surface area contributed by atoms with E-state index >= 15 is 0 Å². The molecule has 0 radical (unpaired) electrons. The number of nitrogens with zero attached hydrogens (tertiary/aromatic N) is 5. The number of aromatic nitrogens is 5. The zero-order valence-corrected chi connectivity index (χ0v) is 24.0. The van der Waals surface area contributed by atoms with E-state index in [9.17, 15) is 9.59 Å². The summed E-state index contributed by atoms with van der Waals surface area (Å²) in [6, 6.07) is 17.2. The Hall–Kier alpha value is -5.89. The highest BCUT2D eigenvalue weighted by Crippen LogP contribution is 2.24.